The third-order valence-electron chi connectivity index (χ3n) is 4.68. The van der Waals surface area contributed by atoms with Crippen LogP contribution in [0.3, 0.4) is 0 Å². The number of nitrogens with zero attached hydrogens (tertiary/aromatic N) is 4. The number of carbonyl (C=O) groups excluding carboxylic acids is 1. The Labute approximate surface area is 142 Å². The van der Waals surface area contributed by atoms with Crippen molar-refractivity contribution in [3.63, 3.8) is 0 Å². The molecule has 3 heterocycles. The van der Waals surface area contributed by atoms with Gasteiger partial charge in [-0.15, -0.1) is 0 Å². The molecular weight excluding hydrogens is 302 g/mol. The van der Waals surface area contributed by atoms with Crippen molar-refractivity contribution >= 4 is 5.91 Å². The number of nitrogens with one attached hydrogen (secondary N) is 1. The van der Waals surface area contributed by atoms with Gasteiger partial charge in [0.25, 0.3) is 5.91 Å². The van der Waals surface area contributed by atoms with Crippen molar-refractivity contribution in [2.75, 3.05) is 19.6 Å². The molecule has 1 unspecified atom stereocenters. The molecular formula is C18H25N5O. The van der Waals surface area contributed by atoms with E-state index < -0.39 is 0 Å². The molecule has 0 spiro atoms. The summed E-state index contributed by atoms with van der Waals surface area (Å²) in [6.45, 7) is 4.99. The van der Waals surface area contributed by atoms with Crippen molar-refractivity contribution in [3.8, 4) is 5.82 Å². The zero-order chi connectivity index (χ0) is 16.8. The summed E-state index contributed by atoms with van der Waals surface area (Å²) in [5.74, 6) is 0.688. The Kier molecular flexibility index (Phi) is 5.59. The highest BCUT2D eigenvalue weighted by molar-refractivity contribution is 5.93. The number of hydrogen-bond acceptors (Lipinski definition) is 4. The van der Waals surface area contributed by atoms with Gasteiger partial charge in [0.15, 0.2) is 0 Å². The van der Waals surface area contributed by atoms with Gasteiger partial charge < -0.3 is 5.32 Å². The van der Waals surface area contributed by atoms with Crippen molar-refractivity contribution in [2.45, 2.75) is 38.6 Å². The molecule has 0 bridgehead atoms. The lowest BCUT2D eigenvalue weighted by Gasteiger charge is -2.35. The van der Waals surface area contributed by atoms with E-state index in [9.17, 15) is 4.79 Å². The minimum atomic E-state index is -0.0651. The van der Waals surface area contributed by atoms with Crippen LogP contribution in [0.5, 0.6) is 0 Å². The maximum Gasteiger partial charge on any atom is 0.252 e. The second-order valence-electron chi connectivity index (χ2n) is 6.22. The Morgan fingerprint density at radius 2 is 2.29 bits per heavy atom. The van der Waals surface area contributed by atoms with Gasteiger partial charge in [-0.1, -0.05) is 13.3 Å². The Balaban J connectivity index is 1.50. The van der Waals surface area contributed by atoms with E-state index >= 15 is 0 Å². The zero-order valence-electron chi connectivity index (χ0n) is 14.2. The SMILES string of the molecule is CCC1CCCCN1CCNC(=O)c1ccc(-n2ccnc2)nc1. The molecule has 24 heavy (non-hydrogen) atoms. The molecule has 128 valence electrons. The second-order valence-corrected chi connectivity index (χ2v) is 6.22. The number of carbonyl (C=O) groups is 1. The average Bonchev–Trinajstić information content (AvgIpc) is 3.17. The van der Waals surface area contributed by atoms with E-state index in [1.165, 1.54) is 25.7 Å². The minimum absolute atomic E-state index is 0.0651. The van der Waals surface area contributed by atoms with Crippen LogP contribution in [0.2, 0.25) is 0 Å². The fraction of sp³-hybridized carbons (Fsp3) is 0.500. The van der Waals surface area contributed by atoms with E-state index in [1.54, 1.807) is 24.8 Å². The summed E-state index contributed by atoms with van der Waals surface area (Å²) in [4.78, 5) is 23.1. The first-order valence-corrected chi connectivity index (χ1v) is 8.74. The summed E-state index contributed by atoms with van der Waals surface area (Å²) in [7, 11) is 0. The number of likely N-dealkylation sites (tertiary alicyclic amines) is 1. The van der Waals surface area contributed by atoms with Crippen molar-refractivity contribution in [3.05, 3.63) is 42.6 Å². The minimum Gasteiger partial charge on any atom is -0.351 e. The predicted molar refractivity (Wildman–Crippen MR) is 93.2 cm³/mol. The van der Waals surface area contributed by atoms with Crippen LogP contribution in [-0.4, -0.2) is 51.0 Å². The van der Waals surface area contributed by atoms with Crippen molar-refractivity contribution in [1.29, 1.82) is 0 Å². The lowest BCUT2D eigenvalue weighted by atomic mass is 10.0. The summed E-state index contributed by atoms with van der Waals surface area (Å²) < 4.78 is 1.81. The van der Waals surface area contributed by atoms with Crippen LogP contribution in [0.4, 0.5) is 0 Å². The van der Waals surface area contributed by atoms with E-state index in [0.717, 1.165) is 18.9 Å². The Morgan fingerprint density at radius 3 is 3.00 bits per heavy atom. The van der Waals surface area contributed by atoms with E-state index in [4.69, 9.17) is 0 Å². The number of aromatic nitrogens is 3. The van der Waals surface area contributed by atoms with Gasteiger partial charge in [-0.2, -0.15) is 0 Å². The number of amides is 1. The van der Waals surface area contributed by atoms with E-state index in [2.05, 4.69) is 27.1 Å². The first kappa shape index (κ1) is 16.6. The maximum atomic E-state index is 12.2. The van der Waals surface area contributed by atoms with Gasteiger partial charge in [-0.3, -0.25) is 14.3 Å². The van der Waals surface area contributed by atoms with Crippen molar-refractivity contribution in [1.82, 2.24) is 24.8 Å². The molecule has 6 nitrogen and oxygen atoms in total. The molecule has 1 atom stereocenters. The molecule has 0 aromatic carbocycles. The molecule has 3 rings (SSSR count). The number of piperidine rings is 1. The summed E-state index contributed by atoms with van der Waals surface area (Å²) >= 11 is 0. The highest BCUT2D eigenvalue weighted by Crippen LogP contribution is 2.18. The monoisotopic (exact) mass is 327 g/mol. The number of pyridine rings is 1. The molecule has 2 aromatic heterocycles. The van der Waals surface area contributed by atoms with Crippen LogP contribution in [0.25, 0.3) is 5.82 Å². The van der Waals surface area contributed by atoms with Gasteiger partial charge in [-0.25, -0.2) is 9.97 Å². The molecule has 1 aliphatic rings. The van der Waals surface area contributed by atoms with E-state index in [-0.39, 0.29) is 5.91 Å². The van der Waals surface area contributed by atoms with Gasteiger partial charge >= 0.3 is 0 Å². The van der Waals surface area contributed by atoms with Crippen LogP contribution in [-0.2, 0) is 0 Å². The van der Waals surface area contributed by atoms with Gasteiger partial charge in [0.05, 0.1) is 5.56 Å². The smallest absolute Gasteiger partial charge is 0.252 e. The normalized spacial score (nSPS) is 18.5. The van der Waals surface area contributed by atoms with Gasteiger partial charge in [0, 0.05) is 37.7 Å². The standard InChI is InChI=1S/C18H25N5O/c1-2-16-5-3-4-10-22(16)12-9-20-18(24)15-6-7-17(21-13-15)23-11-8-19-14-23/h6-8,11,13-14,16H,2-5,9-10,12H2,1H3,(H,20,24). The molecule has 1 saturated heterocycles. The van der Waals surface area contributed by atoms with Crippen LogP contribution in [0.15, 0.2) is 37.1 Å². The molecule has 1 N–H and O–H groups in total. The Bertz CT molecular complexity index is 638. The summed E-state index contributed by atoms with van der Waals surface area (Å²) in [5, 5.41) is 3.01. The molecule has 1 aliphatic heterocycles. The molecule has 0 radical (unpaired) electrons. The number of imidazole rings is 1. The van der Waals surface area contributed by atoms with Gasteiger partial charge in [0.2, 0.25) is 0 Å². The zero-order valence-corrected chi connectivity index (χ0v) is 14.2. The molecule has 0 aliphatic carbocycles. The highest BCUT2D eigenvalue weighted by atomic mass is 16.1. The van der Waals surface area contributed by atoms with Crippen LogP contribution < -0.4 is 5.32 Å². The van der Waals surface area contributed by atoms with E-state index in [0.29, 0.717) is 18.2 Å². The van der Waals surface area contributed by atoms with Crippen LogP contribution >= 0.6 is 0 Å². The Hall–Kier alpha value is -2.21. The van der Waals surface area contributed by atoms with Crippen LogP contribution in [0, 0.1) is 0 Å². The summed E-state index contributed by atoms with van der Waals surface area (Å²) in [6.07, 6.45) is 11.9. The number of hydrogen-bond donors (Lipinski definition) is 1. The van der Waals surface area contributed by atoms with Crippen molar-refractivity contribution in [2.24, 2.45) is 0 Å². The quantitative estimate of drug-likeness (QED) is 0.884. The maximum absolute atomic E-state index is 12.2. The molecule has 2 aromatic rings. The summed E-state index contributed by atoms with van der Waals surface area (Å²) in [5.41, 5.74) is 0.588. The second kappa shape index (κ2) is 8.06. The van der Waals surface area contributed by atoms with Crippen molar-refractivity contribution < 1.29 is 4.79 Å². The van der Waals surface area contributed by atoms with Crippen LogP contribution in [0.1, 0.15) is 43.0 Å². The fourth-order valence-electron chi connectivity index (χ4n) is 3.30. The first-order chi connectivity index (χ1) is 11.8. The van der Waals surface area contributed by atoms with E-state index in [1.807, 2.05) is 16.8 Å². The number of rotatable bonds is 6. The highest BCUT2D eigenvalue weighted by Gasteiger charge is 2.20. The molecule has 0 saturated carbocycles. The van der Waals surface area contributed by atoms with Gasteiger partial charge in [-0.05, 0) is 37.9 Å². The largest absolute Gasteiger partial charge is 0.351 e. The summed E-state index contributed by atoms with van der Waals surface area (Å²) in [6, 6.07) is 4.30. The average molecular weight is 327 g/mol. The lowest BCUT2D eigenvalue weighted by Crippen LogP contribution is -2.43. The predicted octanol–water partition coefficient (Wildman–Crippen LogP) is 2.26. The lowest BCUT2D eigenvalue weighted by molar-refractivity contribution is 0.0934. The molecule has 1 fully saturated rings. The first-order valence-electron chi connectivity index (χ1n) is 8.74. The van der Waals surface area contributed by atoms with Gasteiger partial charge in [0.1, 0.15) is 12.1 Å². The Morgan fingerprint density at radius 1 is 1.38 bits per heavy atom. The third-order valence-corrected chi connectivity index (χ3v) is 4.68. The fourth-order valence-corrected chi connectivity index (χ4v) is 3.30. The molecule has 6 heteroatoms. The topological polar surface area (TPSA) is 63.1 Å². The third kappa shape index (κ3) is 4.00. The molecule has 1 amide bonds.